The zero-order chi connectivity index (χ0) is 21.8. The molecule has 0 spiro atoms. The average Bonchev–Trinajstić information content (AvgIpc) is 3.19. The summed E-state index contributed by atoms with van der Waals surface area (Å²) >= 11 is 18.3. The van der Waals surface area contributed by atoms with Gasteiger partial charge in [0.05, 0.1) is 12.1 Å². The molecule has 7 heteroatoms. The molecular formula is C24H17Cl3N2O2. The van der Waals surface area contributed by atoms with Crippen LogP contribution < -0.4 is 5.32 Å². The molecule has 1 amide bonds. The van der Waals surface area contributed by atoms with Crippen LogP contribution in [-0.2, 0) is 11.2 Å². The van der Waals surface area contributed by atoms with E-state index in [1.807, 2.05) is 48.5 Å². The van der Waals surface area contributed by atoms with Crippen LogP contribution in [0.15, 0.2) is 83.4 Å². The molecule has 0 fully saturated rings. The van der Waals surface area contributed by atoms with Crippen LogP contribution in [0.2, 0.25) is 15.1 Å². The molecule has 0 aliphatic heterocycles. The summed E-state index contributed by atoms with van der Waals surface area (Å²) in [5, 5.41) is 4.61. The van der Waals surface area contributed by atoms with E-state index < -0.39 is 5.92 Å². The highest BCUT2D eigenvalue weighted by Crippen LogP contribution is 2.29. The lowest BCUT2D eigenvalue weighted by Gasteiger charge is -2.17. The maximum Gasteiger partial charge on any atom is 0.301 e. The number of halogens is 3. The fourth-order valence-corrected chi connectivity index (χ4v) is 3.71. The number of oxazole rings is 1. The molecule has 0 aliphatic rings. The molecule has 0 unspecified atom stereocenters. The highest BCUT2D eigenvalue weighted by Gasteiger charge is 2.24. The third-order valence-corrected chi connectivity index (χ3v) is 5.65. The number of rotatable bonds is 6. The topological polar surface area (TPSA) is 55.1 Å². The number of aromatic nitrogens is 1. The Hall–Kier alpha value is -2.79. The van der Waals surface area contributed by atoms with Crippen LogP contribution in [-0.4, -0.2) is 10.9 Å². The first-order chi connectivity index (χ1) is 15.0. The van der Waals surface area contributed by atoms with E-state index in [9.17, 15) is 4.79 Å². The molecule has 0 radical (unpaired) electrons. The van der Waals surface area contributed by atoms with Crippen LogP contribution >= 0.6 is 34.8 Å². The molecule has 0 saturated carbocycles. The predicted octanol–water partition coefficient (Wildman–Crippen LogP) is 7.00. The van der Waals surface area contributed by atoms with E-state index in [2.05, 4.69) is 10.3 Å². The Kier molecular flexibility index (Phi) is 6.62. The van der Waals surface area contributed by atoms with Crippen LogP contribution in [0.3, 0.4) is 0 Å². The molecule has 0 aliphatic carbocycles. The van der Waals surface area contributed by atoms with Gasteiger partial charge >= 0.3 is 6.01 Å². The van der Waals surface area contributed by atoms with Gasteiger partial charge in [0.1, 0.15) is 5.76 Å². The first-order valence-corrected chi connectivity index (χ1v) is 10.6. The van der Waals surface area contributed by atoms with E-state index in [1.54, 1.807) is 30.5 Å². The summed E-state index contributed by atoms with van der Waals surface area (Å²) < 4.78 is 5.73. The van der Waals surface area contributed by atoms with E-state index in [4.69, 9.17) is 39.2 Å². The van der Waals surface area contributed by atoms with E-state index in [0.29, 0.717) is 27.2 Å². The summed E-state index contributed by atoms with van der Waals surface area (Å²) in [5.74, 6) is -0.276. The Bertz CT molecular complexity index is 1140. The molecule has 0 saturated heterocycles. The van der Waals surface area contributed by atoms with Crippen molar-refractivity contribution in [3.8, 4) is 0 Å². The summed E-state index contributed by atoms with van der Waals surface area (Å²) in [7, 11) is 0. The second-order valence-corrected chi connectivity index (χ2v) is 8.21. The van der Waals surface area contributed by atoms with Gasteiger partial charge in [-0.05, 0) is 47.0 Å². The smallest absolute Gasteiger partial charge is 0.301 e. The lowest BCUT2D eigenvalue weighted by Crippen LogP contribution is -2.22. The van der Waals surface area contributed by atoms with Gasteiger partial charge in [0.2, 0.25) is 5.91 Å². The largest absolute Gasteiger partial charge is 0.428 e. The Morgan fingerprint density at radius 2 is 1.45 bits per heavy atom. The quantitative estimate of drug-likeness (QED) is 0.329. The summed E-state index contributed by atoms with van der Waals surface area (Å²) in [4.78, 5) is 17.4. The molecule has 1 aromatic heterocycles. The van der Waals surface area contributed by atoms with Gasteiger partial charge in [0.25, 0.3) is 0 Å². The van der Waals surface area contributed by atoms with Crippen molar-refractivity contribution in [2.75, 3.05) is 5.32 Å². The number of amides is 1. The van der Waals surface area contributed by atoms with Crippen molar-refractivity contribution >= 4 is 46.7 Å². The van der Waals surface area contributed by atoms with Crippen LogP contribution in [0.1, 0.15) is 28.4 Å². The number of carbonyl (C=O) groups excluding carboxylic acids is 1. The number of hydrogen-bond donors (Lipinski definition) is 1. The minimum absolute atomic E-state index is 0.125. The fourth-order valence-electron chi connectivity index (χ4n) is 3.26. The van der Waals surface area contributed by atoms with Gasteiger partial charge in [-0.2, -0.15) is 0 Å². The maximum atomic E-state index is 13.2. The number of nitrogens with one attached hydrogen (secondary N) is 1. The van der Waals surface area contributed by atoms with Crippen LogP contribution in [0, 0.1) is 0 Å². The zero-order valence-electron chi connectivity index (χ0n) is 16.2. The minimum Gasteiger partial charge on any atom is -0.428 e. The van der Waals surface area contributed by atoms with E-state index in [1.165, 1.54) is 0 Å². The Morgan fingerprint density at radius 1 is 0.871 bits per heavy atom. The minimum atomic E-state index is -0.589. The number of anilines is 1. The summed E-state index contributed by atoms with van der Waals surface area (Å²) in [6, 6.07) is 21.9. The Morgan fingerprint density at radius 3 is 2.03 bits per heavy atom. The zero-order valence-corrected chi connectivity index (χ0v) is 18.5. The monoisotopic (exact) mass is 470 g/mol. The summed E-state index contributed by atoms with van der Waals surface area (Å²) in [6.07, 6.45) is 2.05. The van der Waals surface area contributed by atoms with Gasteiger partial charge in [-0.3, -0.25) is 10.1 Å². The molecule has 4 rings (SSSR count). The lowest BCUT2D eigenvalue weighted by molar-refractivity contribution is -0.116. The van der Waals surface area contributed by atoms with Gasteiger partial charge in [0.15, 0.2) is 0 Å². The third-order valence-electron chi connectivity index (χ3n) is 4.78. The highest BCUT2D eigenvalue weighted by atomic mass is 35.5. The van der Waals surface area contributed by atoms with Gasteiger partial charge in [-0.25, -0.2) is 4.98 Å². The van der Waals surface area contributed by atoms with Gasteiger partial charge in [-0.15, -0.1) is 0 Å². The second-order valence-electron chi connectivity index (χ2n) is 6.93. The summed E-state index contributed by atoms with van der Waals surface area (Å²) in [5.41, 5.74) is 2.48. The van der Waals surface area contributed by atoms with Crippen molar-refractivity contribution in [1.82, 2.24) is 4.98 Å². The molecule has 156 valence electrons. The Labute approximate surface area is 194 Å². The van der Waals surface area contributed by atoms with Crippen molar-refractivity contribution in [1.29, 1.82) is 0 Å². The van der Waals surface area contributed by atoms with E-state index in [-0.39, 0.29) is 11.9 Å². The van der Waals surface area contributed by atoms with Gasteiger partial charge < -0.3 is 4.42 Å². The number of nitrogens with zero attached hydrogens (tertiary/aromatic N) is 1. The van der Waals surface area contributed by atoms with Crippen molar-refractivity contribution in [2.24, 2.45) is 0 Å². The normalized spacial score (nSPS) is 11.0. The molecule has 0 atom stereocenters. The standard InChI is InChI=1S/C24H17Cl3N2O2/c25-18-9-5-15(6-10-18)22(16-7-11-19(26)12-8-16)23(30)29-24-28-14-20(31-24)13-17-3-1-2-4-21(17)27/h1-12,14,22H,13H2,(H,28,29,30). The number of benzene rings is 3. The average molecular weight is 472 g/mol. The second kappa shape index (κ2) is 9.56. The van der Waals surface area contributed by atoms with Crippen LogP contribution in [0.4, 0.5) is 6.01 Å². The molecule has 1 N–H and O–H groups in total. The van der Waals surface area contributed by atoms with Crippen molar-refractivity contribution < 1.29 is 9.21 Å². The molecule has 4 nitrogen and oxygen atoms in total. The highest BCUT2D eigenvalue weighted by molar-refractivity contribution is 6.31. The Balaban J connectivity index is 1.56. The fraction of sp³-hybridized carbons (Fsp3) is 0.0833. The molecular weight excluding hydrogens is 455 g/mol. The van der Waals surface area contributed by atoms with Crippen molar-refractivity contribution in [3.05, 3.63) is 117 Å². The molecule has 0 bridgehead atoms. The molecule has 31 heavy (non-hydrogen) atoms. The SMILES string of the molecule is O=C(Nc1ncc(Cc2ccccc2Cl)o1)C(c1ccc(Cl)cc1)c1ccc(Cl)cc1. The molecule has 3 aromatic carbocycles. The molecule has 1 heterocycles. The number of hydrogen-bond acceptors (Lipinski definition) is 3. The first-order valence-electron chi connectivity index (χ1n) is 9.49. The van der Waals surface area contributed by atoms with E-state index in [0.717, 1.165) is 16.7 Å². The van der Waals surface area contributed by atoms with E-state index >= 15 is 0 Å². The summed E-state index contributed by atoms with van der Waals surface area (Å²) in [6.45, 7) is 0. The van der Waals surface area contributed by atoms with Crippen LogP contribution in [0.5, 0.6) is 0 Å². The number of carbonyl (C=O) groups is 1. The van der Waals surface area contributed by atoms with Crippen molar-refractivity contribution in [2.45, 2.75) is 12.3 Å². The first kappa shape index (κ1) is 21.4. The van der Waals surface area contributed by atoms with Gasteiger partial charge in [-0.1, -0.05) is 77.3 Å². The maximum absolute atomic E-state index is 13.2. The van der Waals surface area contributed by atoms with Gasteiger partial charge in [0, 0.05) is 21.5 Å². The lowest BCUT2D eigenvalue weighted by atomic mass is 9.90. The van der Waals surface area contributed by atoms with Crippen LogP contribution in [0.25, 0.3) is 0 Å². The molecule has 4 aromatic rings. The predicted molar refractivity (Wildman–Crippen MR) is 124 cm³/mol. The van der Waals surface area contributed by atoms with Crippen molar-refractivity contribution in [3.63, 3.8) is 0 Å². The third kappa shape index (κ3) is 5.28.